The van der Waals surface area contributed by atoms with Crippen LogP contribution in [0.3, 0.4) is 0 Å². The van der Waals surface area contributed by atoms with Crippen LogP contribution in [0.1, 0.15) is 38.8 Å². The molecule has 0 radical (unpaired) electrons. The van der Waals surface area contributed by atoms with Crippen molar-refractivity contribution in [1.82, 2.24) is 14.1 Å². The third-order valence-corrected chi connectivity index (χ3v) is 4.82. The van der Waals surface area contributed by atoms with Gasteiger partial charge in [0.1, 0.15) is 22.5 Å². The van der Waals surface area contributed by atoms with Gasteiger partial charge in [-0.05, 0) is 49.1 Å². The lowest BCUT2D eigenvalue weighted by Crippen LogP contribution is -2.12. The number of aromatic nitrogens is 3. The van der Waals surface area contributed by atoms with Crippen LogP contribution in [-0.2, 0) is 10.2 Å². The van der Waals surface area contributed by atoms with Crippen LogP contribution in [0.2, 0.25) is 0 Å². The number of phenols is 1. The Morgan fingerprint density at radius 1 is 1.11 bits per heavy atom. The van der Waals surface area contributed by atoms with Gasteiger partial charge in [0.05, 0.1) is 0 Å². The van der Waals surface area contributed by atoms with Crippen LogP contribution >= 0.6 is 0 Å². The fourth-order valence-electron chi connectivity index (χ4n) is 3.35. The first-order valence-electron chi connectivity index (χ1n) is 8.94. The van der Waals surface area contributed by atoms with Gasteiger partial charge in [-0.2, -0.15) is 0 Å². The van der Waals surface area contributed by atoms with Crippen LogP contribution in [0.25, 0.3) is 16.7 Å². The highest BCUT2D eigenvalue weighted by Gasteiger charge is 2.29. The van der Waals surface area contributed by atoms with Gasteiger partial charge in [-0.25, -0.2) is 0 Å². The standard InChI is InChI=1S/C21H24N4O2/c1-12(2)20(27)22-14-7-8-16-17(11-14)24-23(16)25(24)18-10-13(3)9-15(19(18)26)21(4,5)6/h7-11,26H,1H2,2-6H3,(H,22,27). The number of benzene rings is 2. The fourth-order valence-corrected chi connectivity index (χ4v) is 3.35. The molecule has 0 aliphatic heterocycles. The number of carbonyl (C=O) groups excluding carboxylic acids is 1. The SMILES string of the molecule is C=C(C)C(=O)Nc1ccc2c(c1)n1n(-c3cc(C)cc(C(C)(C)C)c3O)n21. The van der Waals surface area contributed by atoms with Gasteiger partial charge in [0.25, 0.3) is 5.91 Å². The highest BCUT2D eigenvalue weighted by molar-refractivity contribution is 6.03. The molecule has 1 amide bonds. The molecule has 27 heavy (non-hydrogen) atoms. The van der Waals surface area contributed by atoms with Crippen molar-refractivity contribution in [1.29, 1.82) is 0 Å². The van der Waals surface area contributed by atoms with Crippen molar-refractivity contribution >= 4 is 22.6 Å². The van der Waals surface area contributed by atoms with Crippen LogP contribution in [0, 0.1) is 6.92 Å². The molecule has 2 N–H and O–H groups in total. The molecule has 0 aliphatic rings. The maximum atomic E-state index is 11.8. The summed E-state index contributed by atoms with van der Waals surface area (Å²) < 4.78 is 3.95. The number of aromatic hydroxyl groups is 1. The number of hydrogen-bond donors (Lipinski definition) is 2. The van der Waals surface area contributed by atoms with E-state index < -0.39 is 0 Å². The summed E-state index contributed by atoms with van der Waals surface area (Å²) in [7, 11) is 0. The fraction of sp³-hybridized carbons (Fsp3) is 0.286. The molecule has 4 rings (SSSR count). The van der Waals surface area contributed by atoms with E-state index in [1.165, 1.54) is 0 Å². The Hall–Kier alpha value is -3.15. The Morgan fingerprint density at radius 3 is 2.41 bits per heavy atom. The molecule has 0 atom stereocenters. The molecule has 0 unspecified atom stereocenters. The summed E-state index contributed by atoms with van der Waals surface area (Å²) in [5, 5.41) is 13.7. The van der Waals surface area contributed by atoms with E-state index in [0.29, 0.717) is 11.3 Å². The van der Waals surface area contributed by atoms with Crippen molar-refractivity contribution in [3.8, 4) is 11.4 Å². The Balaban J connectivity index is 1.79. The van der Waals surface area contributed by atoms with Crippen LogP contribution in [-0.4, -0.2) is 25.1 Å². The molecule has 6 nitrogen and oxygen atoms in total. The number of phenolic OH excluding ortho intramolecular Hbond substituents is 1. The molecule has 4 aromatic rings. The van der Waals surface area contributed by atoms with Gasteiger partial charge in [-0.15, -0.1) is 14.1 Å². The number of anilines is 1. The third-order valence-electron chi connectivity index (χ3n) is 4.82. The first-order valence-corrected chi connectivity index (χ1v) is 8.94. The minimum absolute atomic E-state index is 0.155. The van der Waals surface area contributed by atoms with Crippen molar-refractivity contribution in [2.75, 3.05) is 5.32 Å². The molecule has 0 saturated heterocycles. The van der Waals surface area contributed by atoms with E-state index in [4.69, 9.17) is 0 Å². The van der Waals surface area contributed by atoms with Crippen LogP contribution in [0.4, 0.5) is 5.69 Å². The number of nitrogens with zero attached hydrogens (tertiary/aromatic N) is 3. The van der Waals surface area contributed by atoms with Gasteiger partial charge in [-0.1, -0.05) is 33.4 Å². The molecular weight excluding hydrogens is 340 g/mol. The van der Waals surface area contributed by atoms with Gasteiger partial charge in [0, 0.05) is 16.8 Å². The molecule has 2 aromatic carbocycles. The van der Waals surface area contributed by atoms with Crippen molar-refractivity contribution in [2.45, 2.75) is 40.0 Å². The molecule has 0 saturated carbocycles. The predicted molar refractivity (Wildman–Crippen MR) is 107 cm³/mol. The van der Waals surface area contributed by atoms with Crippen molar-refractivity contribution in [2.24, 2.45) is 0 Å². The topological polar surface area (TPSA) is 63.1 Å². The smallest absolute Gasteiger partial charge is 0.250 e. The second kappa shape index (κ2) is 5.42. The average Bonchev–Trinajstić information content (AvgIpc) is 3.22. The summed E-state index contributed by atoms with van der Waals surface area (Å²) >= 11 is 0. The monoisotopic (exact) mass is 364 g/mol. The quantitative estimate of drug-likeness (QED) is 0.534. The minimum Gasteiger partial charge on any atom is -0.505 e. The largest absolute Gasteiger partial charge is 0.505 e. The number of aryl methyl sites for hydroxylation is 1. The number of fused-ring (bicyclic) bond motifs is 4. The zero-order valence-corrected chi connectivity index (χ0v) is 16.3. The van der Waals surface area contributed by atoms with E-state index in [0.717, 1.165) is 33.5 Å². The number of carbonyl (C=O) groups is 1. The lowest BCUT2D eigenvalue weighted by atomic mass is 9.85. The first kappa shape index (κ1) is 17.3. The highest BCUT2D eigenvalue weighted by atomic mass is 16.3. The number of hydrogen-bond acceptors (Lipinski definition) is 2. The van der Waals surface area contributed by atoms with Crippen molar-refractivity contribution < 1.29 is 9.90 Å². The van der Waals surface area contributed by atoms with Gasteiger partial charge >= 0.3 is 0 Å². The second-order valence-corrected chi connectivity index (χ2v) is 8.24. The first-order chi connectivity index (χ1) is 12.6. The minimum atomic E-state index is -0.195. The normalized spacial score (nSPS) is 12.3. The number of rotatable bonds is 3. The lowest BCUT2D eigenvalue weighted by molar-refractivity contribution is -0.112. The number of nitrogens with one attached hydrogen (secondary N) is 1. The Labute approximate surface area is 157 Å². The Bertz CT molecular complexity index is 1200. The van der Waals surface area contributed by atoms with E-state index >= 15 is 0 Å². The van der Waals surface area contributed by atoms with Gasteiger partial charge in [0.2, 0.25) is 0 Å². The van der Waals surface area contributed by atoms with Gasteiger partial charge < -0.3 is 10.4 Å². The summed E-state index contributed by atoms with van der Waals surface area (Å²) in [6.07, 6.45) is 0. The number of amides is 1. The lowest BCUT2D eigenvalue weighted by Gasteiger charge is -2.21. The van der Waals surface area contributed by atoms with E-state index in [1.807, 2.05) is 51.3 Å². The average molecular weight is 364 g/mol. The van der Waals surface area contributed by atoms with E-state index in [1.54, 1.807) is 6.92 Å². The Morgan fingerprint density at radius 2 is 1.78 bits per heavy atom. The van der Waals surface area contributed by atoms with Crippen molar-refractivity contribution in [3.05, 3.63) is 53.6 Å². The van der Waals surface area contributed by atoms with Crippen LogP contribution in [0.15, 0.2) is 42.5 Å². The van der Waals surface area contributed by atoms with Crippen LogP contribution < -0.4 is 5.32 Å². The van der Waals surface area contributed by atoms with Crippen molar-refractivity contribution in [3.63, 3.8) is 0 Å². The molecule has 2 aromatic heterocycles. The zero-order chi connectivity index (χ0) is 19.7. The summed E-state index contributed by atoms with van der Waals surface area (Å²) in [4.78, 5) is 13.8. The van der Waals surface area contributed by atoms with E-state index in [2.05, 4.69) is 32.7 Å². The maximum absolute atomic E-state index is 11.8. The highest BCUT2D eigenvalue weighted by Crippen LogP contribution is 2.38. The molecule has 0 bridgehead atoms. The third kappa shape index (κ3) is 2.60. The van der Waals surface area contributed by atoms with E-state index in [9.17, 15) is 9.90 Å². The van der Waals surface area contributed by atoms with Crippen LogP contribution in [0.5, 0.6) is 5.75 Å². The molecule has 2 heterocycles. The molecule has 0 spiro atoms. The summed E-state index contributed by atoms with van der Waals surface area (Å²) in [5.74, 6) is 0.101. The summed E-state index contributed by atoms with van der Waals surface area (Å²) in [5.41, 5.74) is 5.81. The molecule has 6 heteroatoms. The van der Waals surface area contributed by atoms with Gasteiger partial charge in [-0.3, -0.25) is 4.79 Å². The second-order valence-electron chi connectivity index (χ2n) is 8.24. The maximum Gasteiger partial charge on any atom is 0.250 e. The molecule has 140 valence electrons. The van der Waals surface area contributed by atoms with E-state index in [-0.39, 0.29) is 11.3 Å². The predicted octanol–water partition coefficient (Wildman–Crippen LogP) is 4.25. The van der Waals surface area contributed by atoms with Gasteiger partial charge in [0.15, 0.2) is 0 Å². The Kier molecular flexibility index (Phi) is 3.47. The molecular formula is C21H24N4O2. The summed E-state index contributed by atoms with van der Waals surface area (Å²) in [6.45, 7) is 13.6. The zero-order valence-electron chi connectivity index (χ0n) is 16.3. The summed E-state index contributed by atoms with van der Waals surface area (Å²) in [6, 6.07) is 9.76. The molecule has 0 aliphatic carbocycles. The molecule has 0 fully saturated rings.